The molecule has 0 aromatic carbocycles. The molecule has 1 unspecified atom stereocenters. The van der Waals surface area contributed by atoms with E-state index in [-0.39, 0.29) is 17.2 Å². The Kier molecular flexibility index (Phi) is 5.83. The lowest BCUT2D eigenvalue weighted by atomic mass is 10.1. The number of imidazole rings is 1. The minimum atomic E-state index is -0.903. The van der Waals surface area contributed by atoms with Gasteiger partial charge in [0.15, 0.2) is 5.16 Å². The number of aliphatic carboxylic acids is 1. The lowest BCUT2D eigenvalue weighted by molar-refractivity contribution is -0.134. The second kappa shape index (κ2) is 6.98. The predicted molar refractivity (Wildman–Crippen MR) is 82.6 cm³/mol. The minimum Gasteiger partial charge on any atom is -0.481 e. The number of carbonyl (C=O) groups is 2. The van der Waals surface area contributed by atoms with Gasteiger partial charge in [-0.2, -0.15) is 0 Å². The molecule has 0 saturated heterocycles. The van der Waals surface area contributed by atoms with Gasteiger partial charge in [-0.05, 0) is 34.1 Å². The maximum atomic E-state index is 12.3. The van der Waals surface area contributed by atoms with Crippen LogP contribution in [0.25, 0.3) is 0 Å². The maximum Gasteiger partial charge on any atom is 0.313 e. The first-order valence-electron chi connectivity index (χ1n) is 6.88. The highest BCUT2D eigenvalue weighted by Crippen LogP contribution is 2.24. The van der Waals surface area contributed by atoms with Crippen molar-refractivity contribution in [3.8, 4) is 0 Å². The smallest absolute Gasteiger partial charge is 0.313 e. The van der Waals surface area contributed by atoms with E-state index in [0.717, 1.165) is 23.9 Å². The van der Waals surface area contributed by atoms with Crippen LogP contribution in [0.15, 0.2) is 11.4 Å². The van der Waals surface area contributed by atoms with Gasteiger partial charge in [-0.25, -0.2) is 4.98 Å². The first-order chi connectivity index (χ1) is 9.65. The van der Waals surface area contributed by atoms with Crippen molar-refractivity contribution in [1.29, 1.82) is 0 Å². The third-order valence-electron chi connectivity index (χ3n) is 2.79. The number of aryl methyl sites for hydroxylation is 1. The van der Waals surface area contributed by atoms with Crippen molar-refractivity contribution >= 4 is 23.6 Å². The van der Waals surface area contributed by atoms with E-state index in [2.05, 4.69) is 10.3 Å². The van der Waals surface area contributed by atoms with Crippen molar-refractivity contribution in [2.24, 2.45) is 0 Å². The van der Waals surface area contributed by atoms with Crippen LogP contribution in [0, 0.1) is 0 Å². The van der Waals surface area contributed by atoms with Crippen LogP contribution in [-0.4, -0.2) is 37.8 Å². The molecule has 7 heteroatoms. The number of hydrogen-bond donors (Lipinski definition) is 2. The Bertz CT molecular complexity index is 520. The zero-order valence-electron chi connectivity index (χ0n) is 13.1. The van der Waals surface area contributed by atoms with E-state index >= 15 is 0 Å². The second-order valence-electron chi connectivity index (χ2n) is 5.85. The molecule has 0 aliphatic heterocycles. The summed E-state index contributed by atoms with van der Waals surface area (Å²) in [6, 6.07) is -0.432. The summed E-state index contributed by atoms with van der Waals surface area (Å²) in [5.41, 5.74) is 0.603. The molecule has 0 aliphatic rings. The molecule has 1 amide bonds. The van der Waals surface area contributed by atoms with Crippen molar-refractivity contribution in [3.63, 3.8) is 0 Å². The number of amides is 1. The van der Waals surface area contributed by atoms with Gasteiger partial charge in [0.1, 0.15) is 6.04 Å². The highest BCUT2D eigenvalue weighted by molar-refractivity contribution is 7.99. The fourth-order valence-corrected chi connectivity index (χ4v) is 2.67. The van der Waals surface area contributed by atoms with E-state index in [1.165, 1.54) is 0 Å². The number of hydrogen-bond acceptors (Lipinski definition) is 4. The number of carbonyl (C=O) groups excluding carboxylic acids is 1. The highest BCUT2D eigenvalue weighted by atomic mass is 32.2. The van der Waals surface area contributed by atoms with Crippen molar-refractivity contribution < 1.29 is 14.7 Å². The first-order valence-corrected chi connectivity index (χ1v) is 7.87. The van der Waals surface area contributed by atoms with Crippen LogP contribution in [0.4, 0.5) is 0 Å². The number of rotatable bonds is 6. The van der Waals surface area contributed by atoms with Gasteiger partial charge in [0.05, 0.1) is 5.75 Å². The molecule has 118 valence electrons. The third-order valence-corrected chi connectivity index (χ3v) is 3.74. The molecule has 6 nitrogen and oxygen atoms in total. The summed E-state index contributed by atoms with van der Waals surface area (Å²) < 4.78 is 1.81. The zero-order chi connectivity index (χ0) is 16.2. The van der Waals surface area contributed by atoms with E-state index in [1.54, 1.807) is 13.1 Å². The van der Waals surface area contributed by atoms with E-state index < -0.39 is 12.0 Å². The van der Waals surface area contributed by atoms with Gasteiger partial charge >= 0.3 is 5.97 Å². The molecule has 1 heterocycles. The molecule has 0 bridgehead atoms. The quantitative estimate of drug-likeness (QED) is 0.786. The molecule has 2 N–H and O–H groups in total. The van der Waals surface area contributed by atoms with Crippen molar-refractivity contribution in [1.82, 2.24) is 14.9 Å². The summed E-state index contributed by atoms with van der Waals surface area (Å²) >= 11 is 1.13. The molecular weight excluding hydrogens is 290 g/mol. The Morgan fingerprint density at radius 3 is 2.57 bits per heavy atom. The van der Waals surface area contributed by atoms with Gasteiger partial charge in [-0.3, -0.25) is 9.59 Å². The van der Waals surface area contributed by atoms with E-state index in [4.69, 9.17) is 5.11 Å². The van der Waals surface area contributed by atoms with Gasteiger partial charge in [0.2, 0.25) is 5.91 Å². The van der Waals surface area contributed by atoms with Gasteiger partial charge < -0.3 is 15.0 Å². The minimum absolute atomic E-state index is 0.0756. The van der Waals surface area contributed by atoms with E-state index in [0.29, 0.717) is 5.16 Å². The maximum absolute atomic E-state index is 12.3. The normalized spacial score (nSPS) is 13.0. The molecule has 0 fully saturated rings. The molecule has 21 heavy (non-hydrogen) atoms. The van der Waals surface area contributed by atoms with Crippen LogP contribution < -0.4 is 5.32 Å². The monoisotopic (exact) mass is 313 g/mol. The zero-order valence-corrected chi connectivity index (χ0v) is 14.0. The molecule has 0 aliphatic carbocycles. The molecule has 1 atom stereocenters. The Labute approximate surface area is 129 Å². The average Bonchev–Trinajstić information content (AvgIpc) is 2.76. The van der Waals surface area contributed by atoms with Crippen LogP contribution >= 0.6 is 11.8 Å². The lowest BCUT2D eigenvalue weighted by Gasteiger charge is -2.25. The summed E-state index contributed by atoms with van der Waals surface area (Å²) in [5.74, 6) is -1.08. The van der Waals surface area contributed by atoms with Crippen LogP contribution in [0.5, 0.6) is 0 Å². The fraction of sp³-hybridized carbons (Fsp3) is 0.643. The van der Waals surface area contributed by atoms with Crippen LogP contribution in [0.2, 0.25) is 0 Å². The standard InChI is InChI=1S/C14H23N3O3S/c1-6-10-7-15-13(21-8-11(18)19)17(10)9(2)12(20)16-14(3,4)5/h7,9H,6,8H2,1-5H3,(H,16,20)(H,18,19). The van der Waals surface area contributed by atoms with Crippen LogP contribution in [0.1, 0.15) is 46.4 Å². The van der Waals surface area contributed by atoms with Gasteiger partial charge in [0.25, 0.3) is 0 Å². The van der Waals surface area contributed by atoms with Gasteiger partial charge in [-0.1, -0.05) is 18.7 Å². The van der Waals surface area contributed by atoms with E-state index in [9.17, 15) is 9.59 Å². The number of thioether (sulfide) groups is 1. The third kappa shape index (κ3) is 5.08. The molecule has 0 spiro atoms. The van der Waals surface area contributed by atoms with Crippen LogP contribution in [0.3, 0.4) is 0 Å². The topological polar surface area (TPSA) is 84.2 Å². The molecule has 1 aromatic rings. The summed E-state index contributed by atoms with van der Waals surface area (Å²) in [6.07, 6.45) is 2.43. The number of carboxylic acids is 1. The number of nitrogens with zero attached hydrogens (tertiary/aromatic N) is 2. The summed E-state index contributed by atoms with van der Waals surface area (Å²) in [4.78, 5) is 27.3. The van der Waals surface area contributed by atoms with Gasteiger partial charge in [0, 0.05) is 17.4 Å². The SMILES string of the molecule is CCc1cnc(SCC(=O)O)n1C(C)C(=O)NC(C)(C)C. The largest absolute Gasteiger partial charge is 0.481 e. The summed E-state index contributed by atoms with van der Waals surface area (Å²) in [7, 11) is 0. The van der Waals surface area contributed by atoms with Crippen molar-refractivity contribution in [2.75, 3.05) is 5.75 Å². The Hall–Kier alpha value is -1.50. The Morgan fingerprint density at radius 1 is 1.48 bits per heavy atom. The number of aromatic nitrogens is 2. The molecule has 0 saturated carbocycles. The summed E-state index contributed by atoms with van der Waals surface area (Å²) in [6.45, 7) is 9.55. The molecule has 0 radical (unpaired) electrons. The lowest BCUT2D eigenvalue weighted by Crippen LogP contribution is -2.44. The summed E-state index contributed by atoms with van der Waals surface area (Å²) in [5, 5.41) is 12.3. The first kappa shape index (κ1) is 17.6. The predicted octanol–water partition coefficient (Wildman–Crippen LogP) is 2.10. The second-order valence-corrected chi connectivity index (χ2v) is 6.80. The number of carboxylic acid groups (broad SMARTS) is 1. The van der Waals surface area contributed by atoms with Gasteiger partial charge in [-0.15, -0.1) is 0 Å². The average molecular weight is 313 g/mol. The Morgan fingerprint density at radius 2 is 2.10 bits per heavy atom. The van der Waals surface area contributed by atoms with Crippen LogP contribution in [-0.2, 0) is 16.0 Å². The molecular formula is C14H23N3O3S. The number of nitrogens with one attached hydrogen (secondary N) is 1. The van der Waals surface area contributed by atoms with Crippen molar-refractivity contribution in [2.45, 2.75) is 57.8 Å². The molecule has 1 aromatic heterocycles. The van der Waals surface area contributed by atoms with E-state index in [1.807, 2.05) is 32.3 Å². The van der Waals surface area contributed by atoms with Crippen molar-refractivity contribution in [3.05, 3.63) is 11.9 Å². The Balaban J connectivity index is 3.00. The molecule has 1 rings (SSSR count). The highest BCUT2D eigenvalue weighted by Gasteiger charge is 2.24. The fourth-order valence-electron chi connectivity index (χ4n) is 1.88.